The molecule has 258 valence electrons. The lowest BCUT2D eigenvalue weighted by Gasteiger charge is -2.22. The van der Waals surface area contributed by atoms with Crippen molar-refractivity contribution < 1.29 is 0 Å². The summed E-state index contributed by atoms with van der Waals surface area (Å²) in [6, 6.07) is 54.9. The molecule has 7 aromatic carbocycles. The molecular weight excluding hydrogens is 689 g/mol. The van der Waals surface area contributed by atoms with Crippen LogP contribution in [0.5, 0.6) is 0 Å². The molecule has 0 unspecified atom stereocenters. The van der Waals surface area contributed by atoms with E-state index in [4.69, 9.17) is 15.0 Å². The van der Waals surface area contributed by atoms with Crippen LogP contribution < -0.4 is 0 Å². The van der Waals surface area contributed by atoms with Gasteiger partial charge in [-0.15, -0.1) is 11.3 Å². The summed E-state index contributed by atoms with van der Waals surface area (Å²) in [7, 11) is 0. The van der Waals surface area contributed by atoms with Gasteiger partial charge in [0, 0.05) is 75.5 Å². The van der Waals surface area contributed by atoms with Crippen LogP contribution in [0.1, 0.15) is 25.0 Å². The van der Waals surface area contributed by atoms with Gasteiger partial charge in [0.1, 0.15) is 0 Å². The highest BCUT2D eigenvalue weighted by molar-refractivity contribution is 7.27. The minimum absolute atomic E-state index is 0.109. The van der Waals surface area contributed by atoms with E-state index in [-0.39, 0.29) is 5.41 Å². The van der Waals surface area contributed by atoms with Gasteiger partial charge in [-0.1, -0.05) is 111 Å². The first kappa shape index (κ1) is 30.7. The first-order valence-electron chi connectivity index (χ1n) is 18.8. The third kappa shape index (κ3) is 4.24. The van der Waals surface area contributed by atoms with Crippen LogP contribution >= 0.6 is 11.3 Å². The lowest BCUT2D eigenvalue weighted by molar-refractivity contribution is 0.660. The second kappa shape index (κ2) is 11.2. The number of hydrogen-bond donors (Lipinski definition) is 0. The summed E-state index contributed by atoms with van der Waals surface area (Å²) in [6.45, 7) is 4.64. The number of fused-ring (bicyclic) bond motifs is 14. The molecule has 4 heterocycles. The standard InChI is InChI=1S/C50H32N4S/c1-50(2)39-18-8-5-12-32(39)33-26-23-30(28-40(33)50)45-38-17-11-27-51-49(38)53-48(52-45)29-21-24-31(25-22-29)54-41-19-9-6-15-36(41)43-44-37-16-7-10-20-42(37)55-47(44)35-14-4-3-13-34(35)46(43)54/h3-28H,1-2H3. The van der Waals surface area contributed by atoms with Gasteiger partial charge in [0.25, 0.3) is 0 Å². The van der Waals surface area contributed by atoms with E-state index in [1.165, 1.54) is 75.0 Å². The van der Waals surface area contributed by atoms with Crippen molar-refractivity contribution in [2.75, 3.05) is 0 Å². The second-order valence-corrected chi connectivity index (χ2v) is 16.2. The SMILES string of the molecule is CC1(C)c2ccccc2-c2ccc(-c3nc(-c4ccc(-n5c6ccccc6c6c7c8ccccc8sc7c7ccccc7c65)cc4)nc4ncccc34)cc21. The minimum atomic E-state index is -0.109. The summed E-state index contributed by atoms with van der Waals surface area (Å²) in [5.74, 6) is 0.662. The molecule has 55 heavy (non-hydrogen) atoms. The maximum Gasteiger partial charge on any atom is 0.163 e. The third-order valence-corrected chi connectivity index (χ3v) is 13.1. The molecule has 0 atom stereocenters. The number of thiophene rings is 1. The normalized spacial score (nSPS) is 13.4. The smallest absolute Gasteiger partial charge is 0.163 e. The average molecular weight is 721 g/mol. The van der Waals surface area contributed by atoms with Crippen LogP contribution in [0.15, 0.2) is 158 Å². The maximum atomic E-state index is 5.30. The van der Waals surface area contributed by atoms with Crippen LogP contribution in [0, 0.1) is 0 Å². The highest BCUT2D eigenvalue weighted by Crippen LogP contribution is 2.50. The Balaban J connectivity index is 1.05. The zero-order chi connectivity index (χ0) is 36.4. The minimum Gasteiger partial charge on any atom is -0.309 e. The molecule has 0 saturated carbocycles. The van der Waals surface area contributed by atoms with Crippen LogP contribution in [0.25, 0.3) is 103 Å². The van der Waals surface area contributed by atoms with Gasteiger partial charge in [-0.2, -0.15) is 0 Å². The molecule has 4 aromatic heterocycles. The van der Waals surface area contributed by atoms with Gasteiger partial charge in [0.05, 0.1) is 16.7 Å². The Morgan fingerprint density at radius 2 is 1.24 bits per heavy atom. The number of rotatable bonds is 3. The summed E-state index contributed by atoms with van der Waals surface area (Å²) in [4.78, 5) is 15.1. The topological polar surface area (TPSA) is 43.6 Å². The fraction of sp³-hybridized carbons (Fsp3) is 0.0600. The third-order valence-electron chi connectivity index (χ3n) is 11.9. The van der Waals surface area contributed by atoms with Crippen molar-refractivity contribution >= 4 is 75.1 Å². The molecule has 0 amide bonds. The predicted molar refractivity (Wildman–Crippen MR) is 231 cm³/mol. The largest absolute Gasteiger partial charge is 0.309 e. The summed E-state index contributed by atoms with van der Waals surface area (Å²) >= 11 is 1.89. The predicted octanol–water partition coefficient (Wildman–Crippen LogP) is 13.3. The lowest BCUT2D eigenvalue weighted by Crippen LogP contribution is -2.15. The zero-order valence-corrected chi connectivity index (χ0v) is 31.0. The van der Waals surface area contributed by atoms with Crippen molar-refractivity contribution in [1.82, 2.24) is 19.5 Å². The van der Waals surface area contributed by atoms with Gasteiger partial charge in [0.15, 0.2) is 11.5 Å². The number of hydrogen-bond acceptors (Lipinski definition) is 4. The Bertz CT molecular complexity index is 3410. The van der Waals surface area contributed by atoms with E-state index in [1.54, 1.807) is 0 Å². The molecule has 11 aromatic rings. The van der Waals surface area contributed by atoms with Gasteiger partial charge in [-0.05, 0) is 76.9 Å². The van der Waals surface area contributed by atoms with E-state index in [1.807, 2.05) is 23.6 Å². The molecule has 0 bridgehead atoms. The molecule has 1 aliphatic rings. The first-order chi connectivity index (χ1) is 27.0. The molecular formula is C50H32N4S. The highest BCUT2D eigenvalue weighted by atomic mass is 32.1. The fourth-order valence-electron chi connectivity index (χ4n) is 9.31. The van der Waals surface area contributed by atoms with E-state index in [0.717, 1.165) is 27.9 Å². The van der Waals surface area contributed by atoms with E-state index < -0.39 is 0 Å². The molecule has 0 saturated heterocycles. The average Bonchev–Trinajstić information content (AvgIpc) is 3.87. The van der Waals surface area contributed by atoms with Crippen LogP contribution in [0.4, 0.5) is 0 Å². The number of nitrogens with zero attached hydrogens (tertiary/aromatic N) is 4. The van der Waals surface area contributed by atoms with Gasteiger partial charge < -0.3 is 4.57 Å². The molecule has 0 spiro atoms. The Labute approximate surface area is 321 Å². The second-order valence-electron chi connectivity index (χ2n) is 15.2. The summed E-state index contributed by atoms with van der Waals surface area (Å²) in [6.07, 6.45) is 1.81. The summed E-state index contributed by atoms with van der Waals surface area (Å²) in [5, 5.41) is 8.70. The van der Waals surface area contributed by atoms with Crippen LogP contribution in [0.2, 0.25) is 0 Å². The monoisotopic (exact) mass is 720 g/mol. The van der Waals surface area contributed by atoms with Gasteiger partial charge >= 0.3 is 0 Å². The highest BCUT2D eigenvalue weighted by Gasteiger charge is 2.35. The van der Waals surface area contributed by atoms with Crippen LogP contribution in [-0.4, -0.2) is 19.5 Å². The van der Waals surface area contributed by atoms with E-state index in [2.05, 4.69) is 164 Å². The first-order valence-corrected chi connectivity index (χ1v) is 19.6. The van der Waals surface area contributed by atoms with Gasteiger partial charge in [-0.3, -0.25) is 0 Å². The van der Waals surface area contributed by atoms with Crippen molar-refractivity contribution in [3.05, 3.63) is 169 Å². The van der Waals surface area contributed by atoms with E-state index >= 15 is 0 Å². The molecule has 0 N–H and O–H groups in total. The fourth-order valence-corrected chi connectivity index (χ4v) is 10.6. The van der Waals surface area contributed by atoms with Gasteiger partial charge in [-0.25, -0.2) is 15.0 Å². The van der Waals surface area contributed by atoms with Crippen LogP contribution in [0.3, 0.4) is 0 Å². The maximum absolute atomic E-state index is 5.30. The molecule has 1 aliphatic carbocycles. The molecule has 0 aliphatic heterocycles. The quantitative estimate of drug-likeness (QED) is 0.182. The van der Waals surface area contributed by atoms with Crippen molar-refractivity contribution in [3.8, 4) is 39.5 Å². The number of para-hydroxylation sites is 1. The molecule has 12 rings (SSSR count). The van der Waals surface area contributed by atoms with Crippen molar-refractivity contribution in [3.63, 3.8) is 0 Å². The van der Waals surface area contributed by atoms with Crippen molar-refractivity contribution in [1.29, 1.82) is 0 Å². The van der Waals surface area contributed by atoms with Crippen molar-refractivity contribution in [2.24, 2.45) is 0 Å². The Kier molecular flexibility index (Phi) is 6.24. The Hall–Kier alpha value is -6.69. The van der Waals surface area contributed by atoms with Gasteiger partial charge in [0.2, 0.25) is 0 Å². The van der Waals surface area contributed by atoms with Crippen molar-refractivity contribution in [2.45, 2.75) is 19.3 Å². The lowest BCUT2D eigenvalue weighted by atomic mass is 9.82. The van der Waals surface area contributed by atoms with Crippen LogP contribution in [-0.2, 0) is 5.41 Å². The Morgan fingerprint density at radius 1 is 0.545 bits per heavy atom. The Morgan fingerprint density at radius 3 is 2.11 bits per heavy atom. The summed E-state index contributed by atoms with van der Waals surface area (Å²) in [5.41, 5.74) is 12.3. The molecule has 0 fully saturated rings. The van der Waals surface area contributed by atoms with E-state index in [9.17, 15) is 0 Å². The molecule has 5 heteroatoms. The molecule has 0 radical (unpaired) electrons. The number of benzene rings is 7. The molecule has 4 nitrogen and oxygen atoms in total. The number of pyridine rings is 1. The van der Waals surface area contributed by atoms with E-state index in [0.29, 0.717) is 11.5 Å². The zero-order valence-electron chi connectivity index (χ0n) is 30.2. The summed E-state index contributed by atoms with van der Waals surface area (Å²) < 4.78 is 5.10. The number of aromatic nitrogens is 4.